The van der Waals surface area contributed by atoms with E-state index in [0.717, 1.165) is 40.1 Å². The van der Waals surface area contributed by atoms with Gasteiger partial charge in [-0.2, -0.15) is 0 Å². The number of nitrogens with zero attached hydrogens (tertiary/aromatic N) is 2. The molecule has 0 saturated carbocycles. The average molecular weight is 621 g/mol. The lowest BCUT2D eigenvalue weighted by Crippen LogP contribution is -2.08. The molecule has 0 fully saturated rings. The second-order valence-electron chi connectivity index (χ2n) is 14.0. The lowest BCUT2D eigenvalue weighted by atomic mass is 9.87. The number of benzene rings is 4. The highest BCUT2D eigenvalue weighted by molar-refractivity contribution is 5.71. The first-order valence-electron chi connectivity index (χ1n) is 17.0. The monoisotopic (exact) mass is 620 g/mol. The summed E-state index contributed by atoms with van der Waals surface area (Å²) in [5.41, 5.74) is 10.7. The van der Waals surface area contributed by atoms with E-state index in [2.05, 4.69) is 85.3 Å². The topological polar surface area (TPSA) is 25.8 Å². The quantitative estimate of drug-likeness (QED) is 0.185. The molecule has 240 valence electrons. The maximum Gasteiger partial charge on any atom is 0.0708 e. The molecule has 0 amide bonds. The number of aromatic nitrogens is 2. The molecule has 0 N–H and O–H groups in total. The molecule has 0 atom stereocenters. The maximum absolute atomic E-state index is 8.40. The first kappa shape index (κ1) is 32.1. The molecule has 2 heterocycles. The summed E-state index contributed by atoms with van der Waals surface area (Å²) in [5.74, 6) is 0. The van der Waals surface area contributed by atoms with Crippen molar-refractivity contribution in [2.75, 3.05) is 0 Å². The Hall–Kier alpha value is -4.82. The van der Waals surface area contributed by atoms with Crippen molar-refractivity contribution in [2.24, 2.45) is 10.8 Å². The van der Waals surface area contributed by atoms with Gasteiger partial charge in [-0.1, -0.05) is 158 Å². The van der Waals surface area contributed by atoms with Crippen LogP contribution in [0.2, 0.25) is 0 Å². The number of pyridine rings is 2. The molecule has 6 aromatic rings. The maximum atomic E-state index is 8.40. The van der Waals surface area contributed by atoms with E-state index in [1.54, 1.807) is 0 Å². The molecular weight excluding hydrogens is 569 g/mol. The van der Waals surface area contributed by atoms with Crippen LogP contribution in [0.4, 0.5) is 0 Å². The summed E-state index contributed by atoms with van der Waals surface area (Å²) in [5, 5.41) is 0. The van der Waals surface area contributed by atoms with Crippen LogP contribution in [0.25, 0.3) is 44.8 Å². The predicted molar refractivity (Wildman–Crippen MR) is 203 cm³/mol. The van der Waals surface area contributed by atoms with Crippen molar-refractivity contribution in [3.05, 3.63) is 157 Å². The molecule has 6 rings (SSSR count). The van der Waals surface area contributed by atoms with Gasteiger partial charge in [0.15, 0.2) is 0 Å². The number of rotatable bonds is 6. The van der Waals surface area contributed by atoms with Gasteiger partial charge < -0.3 is 0 Å². The van der Waals surface area contributed by atoms with Crippen molar-refractivity contribution < 1.29 is 2.74 Å². The molecule has 2 heteroatoms. The molecule has 2 aromatic heterocycles. The Morgan fingerprint density at radius 2 is 0.851 bits per heavy atom. The standard InChI is InChI=1S/2C22H23N.CH4/c2*1-22(2,3)16-17-9-11-18(12-10-17)20-13-14-23-21(15-20)19-7-5-4-6-8-19;/h2*4-15H,16H2,1-3H3;1H4/i16D2;;. The minimum Gasteiger partial charge on any atom is -0.256 e. The highest BCUT2D eigenvalue weighted by Gasteiger charge is 2.12. The van der Waals surface area contributed by atoms with E-state index in [1.165, 1.54) is 16.7 Å². The summed E-state index contributed by atoms with van der Waals surface area (Å²) in [7, 11) is 0. The Labute approximate surface area is 286 Å². The molecule has 2 nitrogen and oxygen atoms in total. The van der Waals surface area contributed by atoms with Crippen LogP contribution in [-0.4, -0.2) is 9.97 Å². The summed E-state index contributed by atoms with van der Waals surface area (Å²) in [6, 6.07) is 45.4. The lowest BCUT2D eigenvalue weighted by molar-refractivity contribution is 0.411. The first-order valence-corrected chi connectivity index (χ1v) is 16.0. The fraction of sp³-hybridized carbons (Fsp3) is 0.244. The third kappa shape index (κ3) is 10.6. The van der Waals surface area contributed by atoms with E-state index < -0.39 is 11.8 Å². The number of hydrogen-bond acceptors (Lipinski definition) is 2. The normalized spacial score (nSPS) is 12.1. The van der Waals surface area contributed by atoms with Crippen LogP contribution in [0.1, 0.15) is 62.8 Å². The molecular formula is C45H50N2. The summed E-state index contributed by atoms with van der Waals surface area (Å²) < 4.78 is 16.8. The molecule has 0 aliphatic heterocycles. The van der Waals surface area contributed by atoms with Crippen LogP contribution in [0, 0.1) is 10.8 Å². The predicted octanol–water partition coefficient (Wildman–Crippen LogP) is 12.6. The van der Waals surface area contributed by atoms with Crippen LogP contribution in [0.5, 0.6) is 0 Å². The van der Waals surface area contributed by atoms with Crippen LogP contribution >= 0.6 is 0 Å². The minimum absolute atomic E-state index is 0. The van der Waals surface area contributed by atoms with E-state index in [1.807, 2.05) is 112 Å². The van der Waals surface area contributed by atoms with Crippen molar-refractivity contribution >= 4 is 0 Å². The number of hydrogen-bond donors (Lipinski definition) is 0. The minimum atomic E-state index is -1.38. The van der Waals surface area contributed by atoms with Crippen LogP contribution in [0.15, 0.2) is 146 Å². The fourth-order valence-corrected chi connectivity index (χ4v) is 5.36. The van der Waals surface area contributed by atoms with E-state index in [0.29, 0.717) is 11.0 Å². The Morgan fingerprint density at radius 1 is 0.447 bits per heavy atom. The van der Waals surface area contributed by atoms with E-state index in [9.17, 15) is 0 Å². The second-order valence-corrected chi connectivity index (χ2v) is 14.0. The smallest absolute Gasteiger partial charge is 0.0708 e. The van der Waals surface area contributed by atoms with Crippen LogP contribution in [-0.2, 0) is 12.8 Å². The Morgan fingerprint density at radius 3 is 1.23 bits per heavy atom. The Kier molecular flexibility index (Phi) is 10.7. The van der Waals surface area contributed by atoms with Gasteiger partial charge in [-0.25, -0.2) is 0 Å². The molecule has 4 aromatic carbocycles. The van der Waals surface area contributed by atoms with Crippen LogP contribution in [0.3, 0.4) is 0 Å². The largest absolute Gasteiger partial charge is 0.256 e. The van der Waals surface area contributed by atoms with Gasteiger partial charge in [-0.05, 0) is 81.3 Å². The molecule has 0 aliphatic rings. The highest BCUT2D eigenvalue weighted by Crippen LogP contribution is 2.28. The third-order valence-electron chi connectivity index (χ3n) is 7.42. The summed E-state index contributed by atoms with van der Waals surface area (Å²) >= 11 is 0. The van der Waals surface area contributed by atoms with Crippen LogP contribution < -0.4 is 0 Å². The van der Waals surface area contributed by atoms with Gasteiger partial charge in [0.1, 0.15) is 0 Å². The van der Waals surface area contributed by atoms with Crippen molar-refractivity contribution in [3.8, 4) is 44.8 Å². The van der Waals surface area contributed by atoms with Gasteiger partial charge in [0.05, 0.1) is 11.4 Å². The third-order valence-corrected chi connectivity index (χ3v) is 7.42. The SMILES string of the molecule is C.CC(C)(C)Cc1ccc(-c2ccnc(-c3ccccc3)c2)cc1.[2H]C([2H])(c1ccc(-c2ccnc(-c3ccccc3)c2)cc1)C(C)(C)C. The Balaban J connectivity index is 0.000000217. The van der Waals surface area contributed by atoms with Gasteiger partial charge in [-0.15, -0.1) is 0 Å². The van der Waals surface area contributed by atoms with E-state index >= 15 is 0 Å². The molecule has 0 bridgehead atoms. The molecule has 0 saturated heterocycles. The average Bonchev–Trinajstić information content (AvgIpc) is 3.09. The van der Waals surface area contributed by atoms with Crippen molar-refractivity contribution in [2.45, 2.75) is 61.8 Å². The zero-order valence-corrected chi connectivity index (χ0v) is 28.0. The van der Waals surface area contributed by atoms with Gasteiger partial charge in [0, 0.05) is 26.3 Å². The summed E-state index contributed by atoms with van der Waals surface area (Å²) in [4.78, 5) is 8.97. The summed E-state index contributed by atoms with van der Waals surface area (Å²) in [6.45, 7) is 12.6. The first-order chi connectivity index (χ1) is 22.8. The van der Waals surface area contributed by atoms with E-state index in [-0.39, 0.29) is 7.43 Å². The van der Waals surface area contributed by atoms with E-state index in [4.69, 9.17) is 2.74 Å². The van der Waals surface area contributed by atoms with Gasteiger partial charge in [-0.3, -0.25) is 9.97 Å². The molecule has 0 aliphatic carbocycles. The van der Waals surface area contributed by atoms with Crippen molar-refractivity contribution in [1.29, 1.82) is 0 Å². The Bertz CT molecular complexity index is 1900. The molecule has 0 spiro atoms. The summed E-state index contributed by atoms with van der Waals surface area (Å²) in [6.07, 6.45) is 3.43. The molecule has 47 heavy (non-hydrogen) atoms. The zero-order chi connectivity index (χ0) is 34.4. The molecule has 0 unspecified atom stereocenters. The zero-order valence-electron chi connectivity index (χ0n) is 30.0. The second kappa shape index (κ2) is 15.6. The lowest BCUT2D eigenvalue weighted by Gasteiger charge is -2.18. The molecule has 0 radical (unpaired) electrons. The van der Waals surface area contributed by atoms with Gasteiger partial charge >= 0.3 is 0 Å². The van der Waals surface area contributed by atoms with Gasteiger partial charge in [0.2, 0.25) is 0 Å². The van der Waals surface area contributed by atoms with Gasteiger partial charge in [0.25, 0.3) is 0 Å². The fourth-order valence-electron chi connectivity index (χ4n) is 5.36. The highest BCUT2D eigenvalue weighted by atomic mass is 14.7. The van der Waals surface area contributed by atoms with Crippen molar-refractivity contribution in [3.63, 3.8) is 0 Å². The van der Waals surface area contributed by atoms with Crippen molar-refractivity contribution in [1.82, 2.24) is 9.97 Å².